The Labute approximate surface area is 278 Å². The van der Waals surface area contributed by atoms with E-state index in [4.69, 9.17) is 24.8 Å². The molecule has 0 saturated carbocycles. The molecule has 1 aliphatic rings. The molecule has 0 bridgehead atoms. The fraction of sp³-hybridized carbons (Fsp3) is 0.289. The van der Waals surface area contributed by atoms with Crippen LogP contribution in [0.3, 0.4) is 0 Å². The molecule has 0 atom stereocenters. The van der Waals surface area contributed by atoms with E-state index in [1.807, 2.05) is 24.3 Å². The van der Waals surface area contributed by atoms with Crippen LogP contribution in [0.25, 0.3) is 67.3 Å². The van der Waals surface area contributed by atoms with Crippen molar-refractivity contribution in [3.05, 3.63) is 78.9 Å². The lowest BCUT2D eigenvalue weighted by molar-refractivity contribution is 0.273. The highest BCUT2D eigenvalue weighted by Gasteiger charge is 2.16. The summed E-state index contributed by atoms with van der Waals surface area (Å²) in [6.07, 6.45) is 3.94. The molecular formula is C38H40N8O2. The van der Waals surface area contributed by atoms with Crippen molar-refractivity contribution < 1.29 is 9.84 Å². The number of anilines is 1. The van der Waals surface area contributed by atoms with Gasteiger partial charge in [-0.15, -0.1) is 0 Å². The van der Waals surface area contributed by atoms with Gasteiger partial charge < -0.3 is 34.6 Å². The van der Waals surface area contributed by atoms with Crippen LogP contribution in [-0.2, 0) is 0 Å². The highest BCUT2D eigenvalue weighted by atomic mass is 16.5. The Morgan fingerprint density at radius 2 is 1.12 bits per heavy atom. The second kappa shape index (κ2) is 13.1. The summed E-state index contributed by atoms with van der Waals surface area (Å²) in [5.41, 5.74) is 9.91. The monoisotopic (exact) mass is 640 g/mol. The van der Waals surface area contributed by atoms with Crippen LogP contribution in [0.2, 0.25) is 0 Å². The van der Waals surface area contributed by atoms with E-state index in [-0.39, 0.29) is 6.61 Å². The van der Waals surface area contributed by atoms with Crippen LogP contribution in [0.4, 0.5) is 5.69 Å². The number of unbranched alkanes of at least 4 members (excludes halogenated alkanes) is 3. The molecule has 4 heterocycles. The molecule has 7 aromatic rings. The lowest BCUT2D eigenvalue weighted by atomic mass is 10.2. The van der Waals surface area contributed by atoms with Crippen molar-refractivity contribution >= 4 is 38.8 Å². The summed E-state index contributed by atoms with van der Waals surface area (Å²) in [7, 11) is 2.18. The normalized spacial score (nSPS) is 14.1. The van der Waals surface area contributed by atoms with Crippen LogP contribution in [-0.4, -0.2) is 86.4 Å². The van der Waals surface area contributed by atoms with Crippen molar-refractivity contribution in [1.82, 2.24) is 34.8 Å². The van der Waals surface area contributed by atoms with Crippen LogP contribution in [0, 0.1) is 0 Å². The average molecular weight is 641 g/mol. The third kappa shape index (κ3) is 6.24. The molecule has 1 aliphatic heterocycles. The van der Waals surface area contributed by atoms with Gasteiger partial charge in [-0.1, -0.05) is 6.42 Å². The maximum absolute atomic E-state index is 8.91. The molecule has 0 radical (unpaired) electrons. The van der Waals surface area contributed by atoms with Crippen molar-refractivity contribution in [3.8, 4) is 39.9 Å². The summed E-state index contributed by atoms with van der Waals surface area (Å²) in [5.74, 6) is 3.30. The van der Waals surface area contributed by atoms with E-state index in [9.17, 15) is 0 Å². The molecular weight excluding hydrogens is 600 g/mol. The number of nitrogens with zero attached hydrogens (tertiary/aromatic N) is 5. The Balaban J connectivity index is 0.979. The first-order chi connectivity index (χ1) is 23.6. The SMILES string of the molecule is CN1CCN(c2ccc3[nH]c(-c4ccc5[nH]c(-c6ccc7[nH]c(-c8ccc(OCCCCCCO)cc8)nc7c6)nc5c4)nc3c2)CC1. The molecule has 0 amide bonds. The first-order valence-corrected chi connectivity index (χ1v) is 16.9. The Kier molecular flexibility index (Phi) is 8.25. The Bertz CT molecular complexity index is 2170. The van der Waals surface area contributed by atoms with E-state index in [0.29, 0.717) is 6.61 Å². The lowest BCUT2D eigenvalue weighted by Crippen LogP contribution is -2.44. The Morgan fingerprint density at radius 1 is 0.604 bits per heavy atom. The number of nitrogens with one attached hydrogen (secondary N) is 3. The molecule has 4 N–H and O–H groups in total. The van der Waals surface area contributed by atoms with Crippen LogP contribution in [0.15, 0.2) is 78.9 Å². The smallest absolute Gasteiger partial charge is 0.138 e. The number of imidazole rings is 3. The standard InChI is InChI=1S/C38H40N8O2/c1-45-16-18-46(19-17-45)28-10-15-32-35(24-28)44-38(41-32)27-9-14-31-34(23-27)43-37(40-31)26-8-13-30-33(22-26)42-36(39-30)25-6-11-29(12-7-25)48-21-5-3-2-4-20-47/h6-15,22-24,47H,2-5,16-21H2,1H3,(H,39,42)(H,40,43)(H,41,44). The summed E-state index contributed by atoms with van der Waals surface area (Å²) in [6.45, 7) is 5.15. The molecule has 1 saturated heterocycles. The van der Waals surface area contributed by atoms with Crippen molar-refractivity contribution in [2.45, 2.75) is 25.7 Å². The largest absolute Gasteiger partial charge is 0.494 e. The third-order valence-electron chi connectivity index (χ3n) is 9.30. The number of likely N-dealkylation sites (N-methyl/N-ethyl adjacent to an activating group) is 1. The van der Waals surface area contributed by atoms with Gasteiger partial charge in [-0.25, -0.2) is 15.0 Å². The molecule has 48 heavy (non-hydrogen) atoms. The molecule has 4 aromatic carbocycles. The minimum atomic E-state index is 0.260. The van der Waals surface area contributed by atoms with Gasteiger partial charge >= 0.3 is 0 Å². The highest BCUT2D eigenvalue weighted by Crippen LogP contribution is 2.30. The molecule has 0 unspecified atom stereocenters. The fourth-order valence-electron chi connectivity index (χ4n) is 6.44. The highest BCUT2D eigenvalue weighted by molar-refractivity contribution is 5.89. The second-order valence-electron chi connectivity index (χ2n) is 12.7. The fourth-order valence-corrected chi connectivity index (χ4v) is 6.44. The topological polar surface area (TPSA) is 122 Å². The number of piperazine rings is 1. The predicted octanol–water partition coefficient (Wildman–Crippen LogP) is 7.00. The predicted molar refractivity (Wildman–Crippen MR) is 192 cm³/mol. The van der Waals surface area contributed by atoms with Crippen LogP contribution in [0.1, 0.15) is 25.7 Å². The van der Waals surface area contributed by atoms with Gasteiger partial charge in [0, 0.05) is 55.2 Å². The van der Waals surface area contributed by atoms with Gasteiger partial charge in [-0.05, 0) is 105 Å². The number of aliphatic hydroxyl groups is 1. The number of aromatic nitrogens is 6. The van der Waals surface area contributed by atoms with E-state index < -0.39 is 0 Å². The van der Waals surface area contributed by atoms with Gasteiger partial charge in [0.25, 0.3) is 0 Å². The molecule has 0 spiro atoms. The molecule has 0 aliphatic carbocycles. The lowest BCUT2D eigenvalue weighted by Gasteiger charge is -2.34. The maximum Gasteiger partial charge on any atom is 0.138 e. The first-order valence-electron chi connectivity index (χ1n) is 16.9. The molecule has 1 fully saturated rings. The van der Waals surface area contributed by atoms with Gasteiger partial charge in [-0.2, -0.15) is 0 Å². The first kappa shape index (κ1) is 30.2. The van der Waals surface area contributed by atoms with Gasteiger partial charge in [0.2, 0.25) is 0 Å². The quantitative estimate of drug-likeness (QED) is 0.112. The zero-order valence-corrected chi connectivity index (χ0v) is 27.2. The van der Waals surface area contributed by atoms with Gasteiger partial charge in [0.05, 0.1) is 39.7 Å². The molecule has 10 nitrogen and oxygen atoms in total. The number of hydrogen-bond donors (Lipinski definition) is 4. The number of rotatable bonds is 11. The molecule has 3 aromatic heterocycles. The number of fused-ring (bicyclic) bond motifs is 3. The zero-order valence-electron chi connectivity index (χ0n) is 27.2. The summed E-state index contributed by atoms with van der Waals surface area (Å²) in [4.78, 5) is 30.1. The summed E-state index contributed by atoms with van der Waals surface area (Å²) >= 11 is 0. The number of hydrogen-bond acceptors (Lipinski definition) is 7. The van der Waals surface area contributed by atoms with E-state index in [0.717, 1.165) is 125 Å². The van der Waals surface area contributed by atoms with E-state index in [1.165, 1.54) is 5.69 Å². The maximum atomic E-state index is 8.91. The van der Waals surface area contributed by atoms with E-state index >= 15 is 0 Å². The Morgan fingerprint density at radius 3 is 1.73 bits per heavy atom. The zero-order chi connectivity index (χ0) is 32.5. The number of benzene rings is 4. The average Bonchev–Trinajstić information content (AvgIpc) is 3.86. The van der Waals surface area contributed by atoms with Crippen molar-refractivity contribution in [3.63, 3.8) is 0 Å². The third-order valence-corrected chi connectivity index (χ3v) is 9.30. The van der Waals surface area contributed by atoms with Crippen molar-refractivity contribution in [2.75, 3.05) is 51.3 Å². The molecule has 244 valence electrons. The number of aliphatic hydroxyl groups excluding tert-OH is 1. The number of H-pyrrole nitrogens is 3. The van der Waals surface area contributed by atoms with Gasteiger partial charge in [-0.3, -0.25) is 0 Å². The van der Waals surface area contributed by atoms with Gasteiger partial charge in [0.1, 0.15) is 23.2 Å². The minimum absolute atomic E-state index is 0.260. The second-order valence-corrected chi connectivity index (χ2v) is 12.7. The van der Waals surface area contributed by atoms with E-state index in [1.54, 1.807) is 0 Å². The summed E-state index contributed by atoms with van der Waals surface area (Å²) in [6, 6.07) is 27.0. The van der Waals surface area contributed by atoms with Gasteiger partial charge in [0.15, 0.2) is 0 Å². The van der Waals surface area contributed by atoms with Crippen molar-refractivity contribution in [2.24, 2.45) is 0 Å². The van der Waals surface area contributed by atoms with Crippen LogP contribution >= 0.6 is 0 Å². The minimum Gasteiger partial charge on any atom is -0.494 e. The van der Waals surface area contributed by atoms with E-state index in [2.05, 4.69) is 86.4 Å². The molecule has 10 heteroatoms. The molecule has 8 rings (SSSR count). The Hall–Kier alpha value is -5.19. The van der Waals surface area contributed by atoms with Crippen molar-refractivity contribution in [1.29, 1.82) is 0 Å². The van der Waals surface area contributed by atoms with Crippen LogP contribution in [0.5, 0.6) is 5.75 Å². The number of aromatic amines is 3. The number of ether oxygens (including phenoxy) is 1. The van der Waals surface area contributed by atoms with Crippen LogP contribution < -0.4 is 9.64 Å². The summed E-state index contributed by atoms with van der Waals surface area (Å²) < 4.78 is 5.89. The summed E-state index contributed by atoms with van der Waals surface area (Å²) in [5, 5.41) is 8.91.